The van der Waals surface area contributed by atoms with Gasteiger partial charge in [0.2, 0.25) is 0 Å². The van der Waals surface area contributed by atoms with Crippen LogP contribution in [0, 0.1) is 0 Å². The van der Waals surface area contributed by atoms with Gasteiger partial charge in [-0.05, 0) is 12.1 Å². The Hall–Kier alpha value is -1.40. The summed E-state index contributed by atoms with van der Waals surface area (Å²) in [7, 11) is -3.73. The quantitative estimate of drug-likeness (QED) is 0.703. The molecule has 0 bridgehead atoms. The van der Waals surface area contributed by atoms with E-state index in [1.165, 1.54) is 6.33 Å². The molecule has 0 aliphatic carbocycles. The second kappa shape index (κ2) is 2.54. The molecule has 0 saturated heterocycles. The molecule has 13 heavy (non-hydrogen) atoms. The summed E-state index contributed by atoms with van der Waals surface area (Å²) < 4.78 is 23.0. The van der Waals surface area contributed by atoms with Crippen LogP contribution in [-0.2, 0) is 10.2 Å². The highest BCUT2D eigenvalue weighted by atomic mass is 32.2. The van der Waals surface area contributed by atoms with Gasteiger partial charge >= 0.3 is 10.2 Å². The van der Waals surface area contributed by atoms with Gasteiger partial charge in [-0.25, -0.2) is 14.1 Å². The molecule has 0 amide bonds. The Balaban J connectivity index is 2.87. The third-order valence-electron chi connectivity index (χ3n) is 1.70. The molecular weight excluding hydrogens is 190 g/mol. The van der Waals surface area contributed by atoms with Crippen LogP contribution < -0.4 is 5.14 Å². The van der Waals surface area contributed by atoms with Gasteiger partial charge in [0.25, 0.3) is 0 Å². The first kappa shape index (κ1) is 8.21. The van der Waals surface area contributed by atoms with Crippen LogP contribution in [0.2, 0.25) is 0 Å². The molecule has 5 nitrogen and oxygen atoms in total. The van der Waals surface area contributed by atoms with E-state index in [1.807, 2.05) is 0 Å². The molecule has 1 aromatic heterocycles. The number of nitrogens with zero attached hydrogens (tertiary/aromatic N) is 2. The standard InChI is InChI=1S/C7H7N3O2S/c8-13(11,12)10-5-9-6-3-1-2-4-7(6)10/h1-5H,(H2,8,11,12). The molecule has 2 rings (SSSR count). The fourth-order valence-electron chi connectivity index (χ4n) is 1.14. The molecule has 1 heterocycles. The van der Waals surface area contributed by atoms with Crippen molar-refractivity contribution in [3.8, 4) is 0 Å². The van der Waals surface area contributed by atoms with Gasteiger partial charge in [-0.1, -0.05) is 12.1 Å². The van der Waals surface area contributed by atoms with Crippen molar-refractivity contribution in [3.63, 3.8) is 0 Å². The van der Waals surface area contributed by atoms with E-state index in [0.717, 1.165) is 3.97 Å². The molecule has 0 atom stereocenters. The highest BCUT2D eigenvalue weighted by Gasteiger charge is 2.09. The Morgan fingerprint density at radius 3 is 2.69 bits per heavy atom. The summed E-state index contributed by atoms with van der Waals surface area (Å²) in [5, 5.41) is 4.96. The van der Waals surface area contributed by atoms with Gasteiger partial charge in [0.05, 0.1) is 11.0 Å². The third kappa shape index (κ3) is 1.30. The third-order valence-corrected chi connectivity index (χ3v) is 2.53. The largest absolute Gasteiger partial charge is 0.304 e. The Morgan fingerprint density at radius 1 is 1.31 bits per heavy atom. The van der Waals surface area contributed by atoms with E-state index in [4.69, 9.17) is 5.14 Å². The number of rotatable bonds is 1. The van der Waals surface area contributed by atoms with Crippen LogP contribution in [0.5, 0.6) is 0 Å². The van der Waals surface area contributed by atoms with Gasteiger partial charge < -0.3 is 0 Å². The number of aromatic nitrogens is 2. The van der Waals surface area contributed by atoms with Gasteiger partial charge in [0.1, 0.15) is 6.33 Å². The Bertz CT molecular complexity index is 544. The molecule has 6 heteroatoms. The number of para-hydroxylation sites is 2. The average molecular weight is 197 g/mol. The fraction of sp³-hybridized carbons (Fsp3) is 0. The van der Waals surface area contributed by atoms with Gasteiger partial charge in [-0.3, -0.25) is 0 Å². The maximum atomic E-state index is 11.0. The van der Waals surface area contributed by atoms with E-state index in [1.54, 1.807) is 24.3 Å². The maximum absolute atomic E-state index is 11.0. The Labute approximate surface area is 75.0 Å². The van der Waals surface area contributed by atoms with Crippen molar-refractivity contribution in [2.75, 3.05) is 0 Å². The molecule has 0 fully saturated rings. The summed E-state index contributed by atoms with van der Waals surface area (Å²) in [5.74, 6) is 0. The smallest absolute Gasteiger partial charge is 0.236 e. The molecule has 0 unspecified atom stereocenters. The second-order valence-electron chi connectivity index (χ2n) is 2.57. The SMILES string of the molecule is NS(=O)(=O)n1cnc2ccccc21. The normalized spacial score (nSPS) is 12.1. The lowest BCUT2D eigenvalue weighted by atomic mass is 10.3. The number of hydrogen-bond acceptors (Lipinski definition) is 3. The molecule has 2 aromatic rings. The highest BCUT2D eigenvalue weighted by molar-refractivity contribution is 7.87. The summed E-state index contributed by atoms with van der Waals surface area (Å²) >= 11 is 0. The summed E-state index contributed by atoms with van der Waals surface area (Å²) in [5.41, 5.74) is 1.10. The Morgan fingerprint density at radius 2 is 2.00 bits per heavy atom. The molecule has 0 radical (unpaired) electrons. The summed E-state index contributed by atoms with van der Waals surface area (Å²) in [6, 6.07) is 6.87. The zero-order valence-corrected chi connectivity index (χ0v) is 7.40. The first-order valence-corrected chi connectivity index (χ1v) is 5.05. The molecule has 0 saturated carbocycles. The van der Waals surface area contributed by atoms with E-state index in [0.29, 0.717) is 11.0 Å². The maximum Gasteiger partial charge on any atom is 0.304 e. The molecule has 0 aliphatic rings. The number of benzene rings is 1. The minimum Gasteiger partial charge on any atom is -0.236 e. The zero-order chi connectivity index (χ0) is 9.47. The average Bonchev–Trinajstić information content (AvgIpc) is 2.45. The lowest BCUT2D eigenvalue weighted by Gasteiger charge is -1.98. The van der Waals surface area contributed by atoms with Gasteiger partial charge in [-0.15, -0.1) is 0 Å². The van der Waals surface area contributed by atoms with E-state index in [-0.39, 0.29) is 0 Å². The number of imidazole rings is 1. The van der Waals surface area contributed by atoms with Gasteiger partial charge in [0.15, 0.2) is 0 Å². The van der Waals surface area contributed by atoms with Crippen molar-refractivity contribution < 1.29 is 8.42 Å². The predicted octanol–water partition coefficient (Wildman–Crippen LogP) is 0.0879. The van der Waals surface area contributed by atoms with Crippen LogP contribution in [0.25, 0.3) is 11.0 Å². The van der Waals surface area contributed by atoms with Crippen molar-refractivity contribution in [1.82, 2.24) is 8.96 Å². The first-order chi connectivity index (χ1) is 6.09. The molecule has 0 aliphatic heterocycles. The van der Waals surface area contributed by atoms with E-state index < -0.39 is 10.2 Å². The minimum absolute atomic E-state index is 0.491. The Kier molecular flexibility index (Phi) is 1.61. The fourth-order valence-corrected chi connectivity index (χ4v) is 1.75. The molecule has 2 N–H and O–H groups in total. The number of fused-ring (bicyclic) bond motifs is 1. The molecule has 1 aromatic carbocycles. The summed E-state index contributed by atoms with van der Waals surface area (Å²) in [6.07, 6.45) is 1.19. The van der Waals surface area contributed by atoms with Crippen LogP contribution >= 0.6 is 0 Å². The lowest BCUT2D eigenvalue weighted by molar-refractivity contribution is 0.590. The van der Waals surface area contributed by atoms with Crippen LogP contribution in [-0.4, -0.2) is 17.4 Å². The highest BCUT2D eigenvalue weighted by Crippen LogP contribution is 2.12. The van der Waals surface area contributed by atoms with Gasteiger partial charge in [-0.2, -0.15) is 8.42 Å². The molecule has 0 spiro atoms. The molecular formula is C7H7N3O2S. The predicted molar refractivity (Wildman–Crippen MR) is 48.2 cm³/mol. The summed E-state index contributed by atoms with van der Waals surface area (Å²) in [4.78, 5) is 3.89. The van der Waals surface area contributed by atoms with Crippen molar-refractivity contribution in [2.24, 2.45) is 5.14 Å². The van der Waals surface area contributed by atoms with Gasteiger partial charge in [0, 0.05) is 0 Å². The first-order valence-electron chi connectivity index (χ1n) is 3.54. The zero-order valence-electron chi connectivity index (χ0n) is 6.58. The van der Waals surface area contributed by atoms with E-state index in [2.05, 4.69) is 4.98 Å². The van der Waals surface area contributed by atoms with Crippen LogP contribution in [0.4, 0.5) is 0 Å². The minimum atomic E-state index is -3.73. The van der Waals surface area contributed by atoms with Crippen LogP contribution in [0.3, 0.4) is 0 Å². The van der Waals surface area contributed by atoms with Crippen molar-refractivity contribution in [2.45, 2.75) is 0 Å². The van der Waals surface area contributed by atoms with Crippen LogP contribution in [0.1, 0.15) is 0 Å². The number of hydrogen-bond donors (Lipinski definition) is 1. The molecule has 68 valence electrons. The second-order valence-corrected chi connectivity index (χ2v) is 4.00. The van der Waals surface area contributed by atoms with Crippen LogP contribution in [0.15, 0.2) is 30.6 Å². The topological polar surface area (TPSA) is 78.0 Å². The lowest BCUT2D eigenvalue weighted by Crippen LogP contribution is -2.20. The van der Waals surface area contributed by atoms with Crippen molar-refractivity contribution >= 4 is 21.2 Å². The number of nitrogens with two attached hydrogens (primary N) is 1. The summed E-state index contributed by atoms with van der Waals surface area (Å²) in [6.45, 7) is 0. The van der Waals surface area contributed by atoms with Crippen molar-refractivity contribution in [1.29, 1.82) is 0 Å². The van der Waals surface area contributed by atoms with E-state index >= 15 is 0 Å². The monoisotopic (exact) mass is 197 g/mol. The van der Waals surface area contributed by atoms with E-state index in [9.17, 15) is 8.42 Å². The van der Waals surface area contributed by atoms with Crippen molar-refractivity contribution in [3.05, 3.63) is 30.6 Å².